The van der Waals surface area contributed by atoms with Crippen LogP contribution in [0.4, 0.5) is 0 Å². The third-order valence-corrected chi connectivity index (χ3v) is 4.94. The fraction of sp³-hybridized carbons (Fsp3) is 0.619. The first-order valence-electron chi connectivity index (χ1n) is 9.16. The Morgan fingerprint density at radius 1 is 1.22 bits per heavy atom. The fourth-order valence-corrected chi connectivity index (χ4v) is 3.82. The van der Waals surface area contributed by atoms with Gasteiger partial charge in [-0.15, -0.1) is 0 Å². The van der Waals surface area contributed by atoms with E-state index in [1.54, 1.807) is 0 Å². The number of benzene rings is 1. The summed E-state index contributed by atoms with van der Waals surface area (Å²) < 4.78 is 6.08. The van der Waals surface area contributed by atoms with Crippen LogP contribution in [0, 0.1) is 0 Å². The summed E-state index contributed by atoms with van der Waals surface area (Å²) in [4.78, 5) is 0. The van der Waals surface area contributed by atoms with E-state index in [0.29, 0.717) is 5.75 Å². The van der Waals surface area contributed by atoms with Crippen LogP contribution in [-0.2, 0) is 6.42 Å². The van der Waals surface area contributed by atoms with Crippen molar-refractivity contribution in [2.24, 2.45) is 0 Å². The monoisotopic (exact) mass is 316 g/mol. The summed E-state index contributed by atoms with van der Waals surface area (Å²) in [6.07, 6.45) is 6.80. The van der Waals surface area contributed by atoms with E-state index in [2.05, 4.69) is 40.7 Å². The van der Waals surface area contributed by atoms with Crippen LogP contribution in [0.25, 0.3) is 0 Å². The minimum absolute atomic E-state index is 0.193. The molecule has 23 heavy (non-hydrogen) atoms. The van der Waals surface area contributed by atoms with Crippen molar-refractivity contribution in [3.63, 3.8) is 0 Å². The number of allylic oxidation sites excluding steroid dienone is 2. The molecular formula is C21H32O2. The first-order valence-corrected chi connectivity index (χ1v) is 9.16. The summed E-state index contributed by atoms with van der Waals surface area (Å²) in [6, 6.07) is 4.12. The van der Waals surface area contributed by atoms with Gasteiger partial charge in [-0.25, -0.2) is 0 Å². The summed E-state index contributed by atoms with van der Waals surface area (Å²) in [6.45, 7) is 10.9. The highest BCUT2D eigenvalue weighted by atomic mass is 16.5. The Morgan fingerprint density at radius 3 is 2.57 bits per heavy atom. The molecule has 1 N–H and O–H groups in total. The van der Waals surface area contributed by atoms with Crippen LogP contribution in [0.3, 0.4) is 0 Å². The molecule has 2 nitrogen and oxygen atoms in total. The predicted octanol–water partition coefficient (Wildman–Crippen LogP) is 6.13. The quantitative estimate of drug-likeness (QED) is 0.505. The van der Waals surface area contributed by atoms with Gasteiger partial charge in [0.25, 0.3) is 0 Å². The van der Waals surface area contributed by atoms with E-state index in [1.807, 2.05) is 6.07 Å². The molecule has 2 rings (SSSR count). The zero-order valence-corrected chi connectivity index (χ0v) is 15.4. The second-order valence-corrected chi connectivity index (χ2v) is 7.08. The highest BCUT2D eigenvalue weighted by Gasteiger charge is 2.31. The van der Waals surface area contributed by atoms with Gasteiger partial charge < -0.3 is 9.84 Å². The minimum atomic E-state index is 0.193. The molecule has 0 amide bonds. The third kappa shape index (κ3) is 4.10. The van der Waals surface area contributed by atoms with E-state index in [9.17, 15) is 5.11 Å². The predicted molar refractivity (Wildman–Crippen MR) is 97.4 cm³/mol. The number of fused-ring (bicyclic) bond motifs is 1. The standard InChI is InChI=1S/C21H32O2/c1-6-8-9-10-16-12-19(22)21-18(17(7-2)14(3)4)11-15(5)23-20(21)13-16/h12-13,15,18,22H,6-11H2,1-5H3. The van der Waals surface area contributed by atoms with E-state index in [0.717, 1.165) is 30.6 Å². The Kier molecular flexibility index (Phi) is 6.15. The van der Waals surface area contributed by atoms with Crippen LogP contribution in [-0.4, -0.2) is 11.2 Å². The topological polar surface area (TPSA) is 29.5 Å². The van der Waals surface area contributed by atoms with Crippen molar-refractivity contribution >= 4 is 0 Å². The lowest BCUT2D eigenvalue weighted by atomic mass is 9.80. The Balaban J connectivity index is 2.39. The lowest BCUT2D eigenvalue weighted by Crippen LogP contribution is -2.24. The number of aromatic hydroxyl groups is 1. The maximum absolute atomic E-state index is 10.7. The molecule has 2 atom stereocenters. The normalized spacial score (nSPS) is 19.9. The molecule has 128 valence electrons. The molecule has 0 fully saturated rings. The summed E-state index contributed by atoms with van der Waals surface area (Å²) in [5.41, 5.74) is 5.00. The van der Waals surface area contributed by atoms with Crippen LogP contribution in [0.1, 0.15) is 83.8 Å². The van der Waals surface area contributed by atoms with E-state index >= 15 is 0 Å². The molecule has 1 aliphatic rings. The fourth-order valence-electron chi connectivity index (χ4n) is 3.82. The van der Waals surface area contributed by atoms with Crippen LogP contribution in [0.15, 0.2) is 23.3 Å². The van der Waals surface area contributed by atoms with Gasteiger partial charge in [-0.1, -0.05) is 37.8 Å². The van der Waals surface area contributed by atoms with Gasteiger partial charge in [0.1, 0.15) is 11.5 Å². The van der Waals surface area contributed by atoms with Crippen LogP contribution in [0.5, 0.6) is 11.5 Å². The van der Waals surface area contributed by atoms with E-state index < -0.39 is 0 Å². The van der Waals surface area contributed by atoms with Crippen molar-refractivity contribution in [1.29, 1.82) is 0 Å². The molecule has 1 aromatic carbocycles. The number of ether oxygens (including phenoxy) is 1. The second-order valence-electron chi connectivity index (χ2n) is 7.08. The third-order valence-electron chi connectivity index (χ3n) is 4.94. The summed E-state index contributed by atoms with van der Waals surface area (Å²) in [7, 11) is 0. The zero-order valence-electron chi connectivity index (χ0n) is 15.4. The van der Waals surface area contributed by atoms with Crippen molar-refractivity contribution < 1.29 is 9.84 Å². The molecule has 1 heterocycles. The lowest BCUT2D eigenvalue weighted by Gasteiger charge is -2.33. The number of phenols is 1. The maximum atomic E-state index is 10.7. The Bertz CT molecular complexity index is 567. The molecule has 0 bridgehead atoms. The Hall–Kier alpha value is -1.44. The van der Waals surface area contributed by atoms with Gasteiger partial charge in [0, 0.05) is 11.5 Å². The molecule has 1 aliphatic heterocycles. The molecule has 0 spiro atoms. The number of unbranched alkanes of at least 4 members (excludes halogenated alkanes) is 2. The second kappa shape index (κ2) is 7.90. The molecule has 0 radical (unpaired) electrons. The minimum Gasteiger partial charge on any atom is -0.507 e. The summed E-state index contributed by atoms with van der Waals surface area (Å²) in [5, 5.41) is 10.7. The molecular weight excluding hydrogens is 284 g/mol. The van der Waals surface area contributed by atoms with Gasteiger partial charge in [-0.05, 0) is 64.2 Å². The van der Waals surface area contributed by atoms with Crippen molar-refractivity contribution in [3.8, 4) is 11.5 Å². The molecule has 0 saturated heterocycles. The van der Waals surface area contributed by atoms with Gasteiger partial charge in [0.05, 0.1) is 6.10 Å². The number of hydrogen-bond donors (Lipinski definition) is 1. The van der Waals surface area contributed by atoms with Crippen molar-refractivity contribution in [2.75, 3.05) is 0 Å². The molecule has 0 aromatic heterocycles. The summed E-state index contributed by atoms with van der Waals surface area (Å²) in [5.74, 6) is 1.60. The Morgan fingerprint density at radius 2 is 1.96 bits per heavy atom. The summed E-state index contributed by atoms with van der Waals surface area (Å²) >= 11 is 0. The lowest BCUT2D eigenvalue weighted by molar-refractivity contribution is 0.179. The van der Waals surface area contributed by atoms with Gasteiger partial charge in [0.15, 0.2) is 0 Å². The van der Waals surface area contributed by atoms with E-state index in [-0.39, 0.29) is 12.0 Å². The van der Waals surface area contributed by atoms with Crippen molar-refractivity contribution in [2.45, 2.75) is 85.2 Å². The first-order chi connectivity index (χ1) is 11.0. The van der Waals surface area contributed by atoms with E-state index in [1.165, 1.54) is 36.0 Å². The average Bonchev–Trinajstić information content (AvgIpc) is 2.47. The largest absolute Gasteiger partial charge is 0.507 e. The number of phenolic OH excluding ortho intramolecular Hbond substituents is 1. The van der Waals surface area contributed by atoms with Gasteiger partial charge in [-0.3, -0.25) is 0 Å². The SMILES string of the molecule is CCCCCc1cc(O)c2c(c1)OC(C)CC2C(CC)=C(C)C. The van der Waals surface area contributed by atoms with E-state index in [4.69, 9.17) is 4.74 Å². The smallest absolute Gasteiger partial charge is 0.127 e. The maximum Gasteiger partial charge on any atom is 0.127 e. The molecule has 2 heteroatoms. The average molecular weight is 316 g/mol. The Labute approximate surface area is 141 Å². The number of rotatable bonds is 6. The molecule has 0 saturated carbocycles. The van der Waals surface area contributed by atoms with Crippen LogP contribution < -0.4 is 4.74 Å². The van der Waals surface area contributed by atoms with Gasteiger partial charge in [0.2, 0.25) is 0 Å². The zero-order chi connectivity index (χ0) is 17.0. The van der Waals surface area contributed by atoms with Crippen LogP contribution >= 0.6 is 0 Å². The van der Waals surface area contributed by atoms with Gasteiger partial charge in [-0.2, -0.15) is 0 Å². The number of aryl methyl sites for hydroxylation is 1. The molecule has 2 unspecified atom stereocenters. The highest BCUT2D eigenvalue weighted by molar-refractivity contribution is 5.53. The highest BCUT2D eigenvalue weighted by Crippen LogP contribution is 2.47. The van der Waals surface area contributed by atoms with Crippen molar-refractivity contribution in [3.05, 3.63) is 34.4 Å². The van der Waals surface area contributed by atoms with Gasteiger partial charge >= 0.3 is 0 Å². The van der Waals surface area contributed by atoms with Crippen molar-refractivity contribution in [1.82, 2.24) is 0 Å². The van der Waals surface area contributed by atoms with Crippen LogP contribution in [0.2, 0.25) is 0 Å². The first kappa shape index (κ1) is 17.9. The number of hydrogen-bond acceptors (Lipinski definition) is 2. The molecule has 0 aliphatic carbocycles. The molecule has 1 aromatic rings.